The molecule has 130 valence electrons. The average molecular weight is 361 g/mol. The van der Waals surface area contributed by atoms with Crippen LogP contribution in [-0.4, -0.2) is 21.6 Å². The molecule has 1 aliphatic rings. The molecule has 5 heteroatoms. The van der Waals surface area contributed by atoms with Gasteiger partial charge in [0.25, 0.3) is 0 Å². The van der Waals surface area contributed by atoms with E-state index in [0.717, 1.165) is 42.0 Å². The number of nitrogens with zero attached hydrogens (tertiary/aromatic N) is 3. The van der Waals surface area contributed by atoms with Crippen LogP contribution in [0.5, 0.6) is 0 Å². The van der Waals surface area contributed by atoms with Crippen molar-refractivity contribution < 1.29 is 4.52 Å². The van der Waals surface area contributed by atoms with Crippen molar-refractivity contribution in [3.63, 3.8) is 0 Å². The number of benzene rings is 2. The van der Waals surface area contributed by atoms with Gasteiger partial charge in [-0.05, 0) is 31.5 Å². The van der Waals surface area contributed by atoms with Crippen molar-refractivity contribution in [2.24, 2.45) is 0 Å². The van der Waals surface area contributed by atoms with Gasteiger partial charge in [0.2, 0.25) is 0 Å². The van der Waals surface area contributed by atoms with Gasteiger partial charge in [-0.2, -0.15) is 0 Å². The van der Waals surface area contributed by atoms with E-state index < -0.39 is 0 Å². The highest BCUT2D eigenvalue weighted by molar-refractivity contribution is 7.18. The van der Waals surface area contributed by atoms with Gasteiger partial charge in [0, 0.05) is 18.2 Å². The van der Waals surface area contributed by atoms with Crippen molar-refractivity contribution in [2.75, 3.05) is 6.54 Å². The van der Waals surface area contributed by atoms with Crippen molar-refractivity contribution in [1.82, 2.24) is 15.0 Å². The Kier molecular flexibility index (Phi) is 4.03. The van der Waals surface area contributed by atoms with Crippen LogP contribution in [0, 0.1) is 0 Å². The maximum atomic E-state index is 5.56. The lowest BCUT2D eigenvalue weighted by Gasteiger charge is -2.21. The van der Waals surface area contributed by atoms with Gasteiger partial charge < -0.3 is 4.52 Å². The van der Waals surface area contributed by atoms with Gasteiger partial charge >= 0.3 is 0 Å². The summed E-state index contributed by atoms with van der Waals surface area (Å²) in [4.78, 5) is 7.35. The van der Waals surface area contributed by atoms with Gasteiger partial charge in [0.1, 0.15) is 5.01 Å². The summed E-state index contributed by atoms with van der Waals surface area (Å²) in [5.74, 6) is 0.830. The molecule has 0 radical (unpaired) electrons. The average Bonchev–Trinajstić information content (AvgIpc) is 3.41. The molecule has 2 aromatic heterocycles. The fourth-order valence-corrected chi connectivity index (χ4v) is 4.80. The third-order valence-electron chi connectivity index (χ3n) is 4.94. The summed E-state index contributed by atoms with van der Waals surface area (Å²) in [6.07, 6.45) is 2.35. The molecule has 1 saturated heterocycles. The molecular formula is C21H19N3OS. The number of hydrogen-bond acceptors (Lipinski definition) is 5. The monoisotopic (exact) mass is 361 g/mol. The maximum absolute atomic E-state index is 5.56. The Hall–Kier alpha value is -2.50. The minimum Gasteiger partial charge on any atom is -0.356 e. The quantitative estimate of drug-likeness (QED) is 0.495. The first-order valence-corrected chi connectivity index (χ1v) is 9.79. The van der Waals surface area contributed by atoms with Gasteiger partial charge in [-0.25, -0.2) is 4.98 Å². The zero-order valence-corrected chi connectivity index (χ0v) is 15.2. The molecule has 0 amide bonds. The van der Waals surface area contributed by atoms with Crippen LogP contribution < -0.4 is 0 Å². The Morgan fingerprint density at radius 1 is 1.08 bits per heavy atom. The van der Waals surface area contributed by atoms with E-state index in [-0.39, 0.29) is 0 Å². The Balaban J connectivity index is 1.37. The zero-order chi connectivity index (χ0) is 17.3. The van der Waals surface area contributed by atoms with Gasteiger partial charge in [0.15, 0.2) is 5.76 Å². The first-order valence-electron chi connectivity index (χ1n) is 8.97. The second kappa shape index (κ2) is 6.67. The third kappa shape index (κ3) is 2.93. The second-order valence-corrected chi connectivity index (χ2v) is 7.76. The molecule has 4 aromatic rings. The molecule has 5 rings (SSSR count). The Labute approximate surface area is 156 Å². The second-order valence-electron chi connectivity index (χ2n) is 6.70. The molecule has 26 heavy (non-hydrogen) atoms. The highest BCUT2D eigenvalue weighted by atomic mass is 32.1. The summed E-state index contributed by atoms with van der Waals surface area (Å²) in [6.45, 7) is 1.88. The molecule has 3 heterocycles. The summed E-state index contributed by atoms with van der Waals surface area (Å²) in [5.41, 5.74) is 3.15. The normalized spacial score (nSPS) is 17.9. The fourth-order valence-electron chi connectivity index (χ4n) is 3.66. The van der Waals surface area contributed by atoms with Gasteiger partial charge in [-0.3, -0.25) is 4.90 Å². The number of fused-ring (bicyclic) bond motifs is 1. The van der Waals surface area contributed by atoms with Crippen molar-refractivity contribution in [1.29, 1.82) is 0 Å². The molecule has 1 fully saturated rings. The highest BCUT2D eigenvalue weighted by Gasteiger charge is 2.29. The van der Waals surface area contributed by atoms with Crippen LogP contribution in [0.25, 0.3) is 21.5 Å². The summed E-state index contributed by atoms with van der Waals surface area (Å²) in [6, 6.07) is 20.9. The molecule has 0 saturated carbocycles. The summed E-state index contributed by atoms with van der Waals surface area (Å²) in [7, 11) is 0. The van der Waals surface area contributed by atoms with Crippen LogP contribution in [-0.2, 0) is 6.54 Å². The third-order valence-corrected chi connectivity index (χ3v) is 6.08. The maximum Gasteiger partial charge on any atom is 0.167 e. The predicted octanol–water partition coefficient (Wildman–Crippen LogP) is 5.29. The number of likely N-dealkylation sites (tertiary alicyclic amines) is 1. The van der Waals surface area contributed by atoms with Gasteiger partial charge in [-0.1, -0.05) is 47.6 Å². The van der Waals surface area contributed by atoms with Crippen LogP contribution in [0.4, 0.5) is 0 Å². The highest BCUT2D eigenvalue weighted by Crippen LogP contribution is 2.37. The van der Waals surface area contributed by atoms with E-state index in [0.29, 0.717) is 6.04 Å². The van der Waals surface area contributed by atoms with E-state index in [9.17, 15) is 0 Å². The van der Waals surface area contributed by atoms with E-state index in [4.69, 9.17) is 9.51 Å². The molecule has 0 N–H and O–H groups in total. The minimum atomic E-state index is 0.379. The fraction of sp³-hybridized carbons (Fsp3) is 0.238. The summed E-state index contributed by atoms with van der Waals surface area (Å²) in [5, 5.41) is 5.51. The standard InChI is InChI=1S/C21H19N3OS/c1-2-7-15(8-3-1)19-13-16(23-25-19)14-24-12-6-10-18(24)21-22-17-9-4-5-11-20(17)26-21/h1-5,7-9,11,13,18H,6,10,12,14H2. The van der Waals surface area contributed by atoms with Crippen LogP contribution in [0.1, 0.15) is 29.6 Å². The van der Waals surface area contributed by atoms with Crippen molar-refractivity contribution in [3.8, 4) is 11.3 Å². The topological polar surface area (TPSA) is 42.2 Å². The summed E-state index contributed by atoms with van der Waals surface area (Å²) >= 11 is 1.81. The molecule has 0 spiro atoms. The van der Waals surface area contributed by atoms with E-state index in [1.54, 1.807) is 0 Å². The minimum absolute atomic E-state index is 0.379. The lowest BCUT2D eigenvalue weighted by molar-refractivity contribution is 0.240. The molecule has 0 aliphatic carbocycles. The number of aromatic nitrogens is 2. The van der Waals surface area contributed by atoms with E-state index in [1.807, 2.05) is 41.7 Å². The lowest BCUT2D eigenvalue weighted by Crippen LogP contribution is -2.22. The molecule has 1 unspecified atom stereocenters. The predicted molar refractivity (Wildman–Crippen MR) is 104 cm³/mol. The molecule has 4 nitrogen and oxygen atoms in total. The number of para-hydroxylation sites is 1. The van der Waals surface area contributed by atoms with E-state index >= 15 is 0 Å². The van der Waals surface area contributed by atoms with Crippen LogP contribution in [0.2, 0.25) is 0 Å². The summed E-state index contributed by atoms with van der Waals surface area (Å²) < 4.78 is 6.83. The SMILES string of the molecule is c1ccc(-c2cc(CN3CCCC3c3nc4ccccc4s3)no2)cc1. The molecular weight excluding hydrogens is 342 g/mol. The Morgan fingerprint density at radius 2 is 1.92 bits per heavy atom. The molecule has 1 atom stereocenters. The first kappa shape index (κ1) is 15.7. The molecule has 0 bridgehead atoms. The smallest absolute Gasteiger partial charge is 0.167 e. The first-order chi connectivity index (χ1) is 12.9. The number of rotatable bonds is 4. The van der Waals surface area contributed by atoms with Gasteiger partial charge in [-0.15, -0.1) is 11.3 Å². The van der Waals surface area contributed by atoms with Crippen LogP contribution in [0.3, 0.4) is 0 Å². The van der Waals surface area contributed by atoms with Gasteiger partial charge in [0.05, 0.1) is 22.0 Å². The Bertz CT molecular complexity index is 991. The number of hydrogen-bond donors (Lipinski definition) is 0. The van der Waals surface area contributed by atoms with E-state index in [2.05, 4.69) is 40.4 Å². The number of thiazole rings is 1. The van der Waals surface area contributed by atoms with Crippen molar-refractivity contribution in [2.45, 2.75) is 25.4 Å². The largest absolute Gasteiger partial charge is 0.356 e. The van der Waals surface area contributed by atoms with E-state index in [1.165, 1.54) is 16.1 Å². The zero-order valence-electron chi connectivity index (χ0n) is 14.3. The molecule has 2 aromatic carbocycles. The lowest BCUT2D eigenvalue weighted by atomic mass is 10.1. The Morgan fingerprint density at radius 3 is 2.81 bits per heavy atom. The van der Waals surface area contributed by atoms with Crippen molar-refractivity contribution >= 4 is 21.6 Å². The molecule has 1 aliphatic heterocycles. The van der Waals surface area contributed by atoms with Crippen LogP contribution >= 0.6 is 11.3 Å². The van der Waals surface area contributed by atoms with Crippen LogP contribution in [0.15, 0.2) is 65.2 Å². The van der Waals surface area contributed by atoms with Crippen molar-refractivity contribution in [3.05, 3.63) is 71.4 Å².